The van der Waals surface area contributed by atoms with Crippen LogP contribution >= 0.6 is 0 Å². The second kappa shape index (κ2) is 12.2. The van der Waals surface area contributed by atoms with Crippen molar-refractivity contribution >= 4 is 16.2 Å². The highest BCUT2D eigenvalue weighted by molar-refractivity contribution is 7.87. The molecule has 3 fully saturated rings. The van der Waals surface area contributed by atoms with E-state index in [4.69, 9.17) is 9.47 Å². The first-order valence-corrected chi connectivity index (χ1v) is 14.4. The molecule has 0 aromatic heterocycles. The summed E-state index contributed by atoms with van der Waals surface area (Å²) in [5.74, 6) is -0.0264. The van der Waals surface area contributed by atoms with Crippen molar-refractivity contribution in [2.75, 3.05) is 60.1 Å². The maximum Gasteiger partial charge on any atom is 0.320 e. The Morgan fingerprint density at radius 2 is 1.83 bits per heavy atom. The van der Waals surface area contributed by atoms with Crippen LogP contribution in [-0.2, 0) is 19.7 Å². The van der Waals surface area contributed by atoms with E-state index in [1.807, 2.05) is 11.0 Å². The first kappa shape index (κ1) is 27.3. The van der Waals surface area contributed by atoms with Gasteiger partial charge in [-0.25, -0.2) is 9.18 Å². The van der Waals surface area contributed by atoms with E-state index in [-0.39, 0.29) is 29.9 Å². The average Bonchev–Trinajstić information content (AvgIpc) is 2.88. The molecule has 1 N–H and O–H groups in total. The molecule has 3 aliphatic rings. The fourth-order valence-corrected chi connectivity index (χ4v) is 6.27. The summed E-state index contributed by atoms with van der Waals surface area (Å²) in [6.45, 7) is 3.53. The first-order chi connectivity index (χ1) is 17.2. The van der Waals surface area contributed by atoms with E-state index in [2.05, 4.69) is 4.72 Å². The van der Waals surface area contributed by atoms with Crippen LogP contribution in [0.3, 0.4) is 0 Å². The average molecular weight is 527 g/mol. The van der Waals surface area contributed by atoms with Crippen LogP contribution in [0.5, 0.6) is 0 Å². The smallest absolute Gasteiger partial charge is 0.320 e. The highest BCUT2D eigenvalue weighted by atomic mass is 32.2. The van der Waals surface area contributed by atoms with E-state index < -0.39 is 10.2 Å². The Balaban J connectivity index is 1.35. The third-order valence-corrected chi connectivity index (χ3v) is 9.17. The molecule has 2 saturated heterocycles. The van der Waals surface area contributed by atoms with Gasteiger partial charge in [-0.2, -0.15) is 17.4 Å². The number of hydrogen-bond donors (Lipinski definition) is 1. The Morgan fingerprint density at radius 1 is 1.11 bits per heavy atom. The number of hydrogen-bond acceptors (Lipinski definition) is 5. The van der Waals surface area contributed by atoms with E-state index in [1.54, 1.807) is 17.0 Å². The molecule has 1 unspecified atom stereocenters. The summed E-state index contributed by atoms with van der Waals surface area (Å²) < 4.78 is 54.4. The lowest BCUT2D eigenvalue weighted by atomic mass is 9.82. The number of carbonyl (C=O) groups excluding carboxylic acids is 1. The summed E-state index contributed by atoms with van der Waals surface area (Å²) in [7, 11) is -0.603. The molecule has 1 saturated carbocycles. The number of carbonyl (C=O) groups is 1. The zero-order chi connectivity index (χ0) is 25.7. The van der Waals surface area contributed by atoms with E-state index in [0.717, 1.165) is 31.2 Å². The molecule has 2 heterocycles. The number of morpholine rings is 1. The number of urea groups is 1. The minimum absolute atomic E-state index is 0.0205. The van der Waals surface area contributed by atoms with Gasteiger partial charge in [-0.15, -0.1) is 0 Å². The van der Waals surface area contributed by atoms with Crippen LogP contribution in [0.25, 0.3) is 0 Å². The molecule has 0 bridgehead atoms. The Morgan fingerprint density at radius 3 is 2.50 bits per heavy atom. The number of halogens is 1. The molecular formula is C25H39FN4O5S. The number of nitrogens with one attached hydrogen (secondary N) is 1. The fraction of sp³-hybridized carbons (Fsp3) is 0.720. The third-order valence-electron chi connectivity index (χ3n) is 7.61. The van der Waals surface area contributed by atoms with Gasteiger partial charge in [0.1, 0.15) is 5.82 Å². The van der Waals surface area contributed by atoms with Crippen molar-refractivity contribution in [2.45, 2.75) is 50.2 Å². The molecule has 1 aromatic carbocycles. The van der Waals surface area contributed by atoms with Gasteiger partial charge in [0, 0.05) is 52.2 Å². The number of ether oxygens (including phenoxy) is 2. The van der Waals surface area contributed by atoms with Gasteiger partial charge in [0.25, 0.3) is 10.2 Å². The quantitative estimate of drug-likeness (QED) is 0.589. The molecule has 2 amide bonds. The van der Waals surface area contributed by atoms with E-state index in [9.17, 15) is 17.6 Å². The van der Waals surface area contributed by atoms with Crippen molar-refractivity contribution in [2.24, 2.45) is 5.92 Å². The molecule has 4 rings (SSSR count). The number of rotatable bonds is 7. The van der Waals surface area contributed by atoms with Gasteiger partial charge in [-0.3, -0.25) is 0 Å². The highest BCUT2D eigenvalue weighted by Crippen LogP contribution is 2.34. The van der Waals surface area contributed by atoms with Gasteiger partial charge < -0.3 is 19.3 Å². The summed E-state index contributed by atoms with van der Waals surface area (Å²) in [6, 6.07) is 6.50. The number of benzene rings is 1. The second-order valence-corrected chi connectivity index (χ2v) is 12.2. The topological polar surface area (TPSA) is 91.4 Å². The number of nitrogens with zero attached hydrogens (tertiary/aromatic N) is 3. The highest BCUT2D eigenvalue weighted by Gasteiger charge is 2.37. The van der Waals surface area contributed by atoms with Crippen molar-refractivity contribution < 1.29 is 27.1 Å². The van der Waals surface area contributed by atoms with Gasteiger partial charge in [0.2, 0.25) is 0 Å². The summed E-state index contributed by atoms with van der Waals surface area (Å²) in [4.78, 5) is 16.7. The molecule has 9 nitrogen and oxygen atoms in total. The maximum absolute atomic E-state index is 13.6. The van der Waals surface area contributed by atoms with Crippen molar-refractivity contribution in [1.82, 2.24) is 18.8 Å². The van der Waals surface area contributed by atoms with Crippen LogP contribution in [0.1, 0.15) is 43.6 Å². The van der Waals surface area contributed by atoms with Crippen LogP contribution in [0.15, 0.2) is 24.3 Å². The lowest BCUT2D eigenvalue weighted by Crippen LogP contribution is -2.58. The zero-order valence-corrected chi connectivity index (χ0v) is 22.1. The molecule has 11 heteroatoms. The SMILES string of the molecule is CN(C)S(=O)(=O)NC1CCN(C(=O)N2CCOCC2)C[C@H]1COC1CCC(c2cccc(F)c2)CC1. The Labute approximate surface area is 214 Å². The van der Waals surface area contributed by atoms with Gasteiger partial charge in [0.15, 0.2) is 0 Å². The molecule has 36 heavy (non-hydrogen) atoms. The Kier molecular flexibility index (Phi) is 9.21. The monoisotopic (exact) mass is 526 g/mol. The Bertz CT molecular complexity index is 980. The standard InChI is InChI=1S/C25H39FN4O5S/c1-28(2)36(32,33)27-24-10-11-30(25(31)29-12-14-34-15-13-29)17-21(24)18-35-23-8-6-19(7-9-23)20-4-3-5-22(26)16-20/h3-5,16,19,21,23-24,27H,6-15,17-18H2,1-2H3/t19?,21-,23?,24?/m0/s1. The van der Waals surface area contributed by atoms with Crippen molar-refractivity contribution in [3.05, 3.63) is 35.6 Å². The molecule has 202 valence electrons. The van der Waals surface area contributed by atoms with Crippen LogP contribution in [-0.4, -0.2) is 101 Å². The van der Waals surface area contributed by atoms with Crippen LogP contribution in [0.2, 0.25) is 0 Å². The first-order valence-electron chi connectivity index (χ1n) is 12.9. The molecule has 2 aliphatic heterocycles. The molecule has 0 radical (unpaired) electrons. The molecule has 1 aliphatic carbocycles. The van der Waals surface area contributed by atoms with Crippen LogP contribution < -0.4 is 4.72 Å². The molecular weight excluding hydrogens is 487 g/mol. The maximum atomic E-state index is 13.6. The lowest BCUT2D eigenvalue weighted by molar-refractivity contribution is -0.0165. The third kappa shape index (κ3) is 6.95. The normalized spacial score (nSPS) is 27.9. The van der Waals surface area contributed by atoms with Crippen molar-refractivity contribution in [3.8, 4) is 0 Å². The number of likely N-dealkylation sites (tertiary alicyclic amines) is 1. The predicted octanol–water partition coefficient (Wildman–Crippen LogP) is 2.41. The fourth-order valence-electron chi connectivity index (χ4n) is 5.36. The molecule has 1 aromatic rings. The summed E-state index contributed by atoms with van der Waals surface area (Å²) in [5.41, 5.74) is 1.04. The zero-order valence-electron chi connectivity index (χ0n) is 21.3. The van der Waals surface area contributed by atoms with Gasteiger partial charge in [-0.05, 0) is 55.7 Å². The number of piperidine rings is 1. The van der Waals surface area contributed by atoms with E-state index in [1.165, 1.54) is 24.5 Å². The van der Waals surface area contributed by atoms with E-state index in [0.29, 0.717) is 58.3 Å². The summed E-state index contributed by atoms with van der Waals surface area (Å²) >= 11 is 0. The van der Waals surface area contributed by atoms with Gasteiger partial charge >= 0.3 is 6.03 Å². The largest absolute Gasteiger partial charge is 0.378 e. The van der Waals surface area contributed by atoms with Gasteiger partial charge in [-0.1, -0.05) is 12.1 Å². The Hall–Kier alpha value is -1.79. The van der Waals surface area contributed by atoms with Crippen LogP contribution in [0, 0.1) is 11.7 Å². The van der Waals surface area contributed by atoms with Gasteiger partial charge in [0.05, 0.1) is 25.9 Å². The van der Waals surface area contributed by atoms with E-state index >= 15 is 0 Å². The van der Waals surface area contributed by atoms with Crippen molar-refractivity contribution in [3.63, 3.8) is 0 Å². The molecule has 0 spiro atoms. The summed E-state index contributed by atoms with van der Waals surface area (Å²) in [5, 5.41) is 0. The predicted molar refractivity (Wildman–Crippen MR) is 134 cm³/mol. The van der Waals surface area contributed by atoms with Crippen molar-refractivity contribution in [1.29, 1.82) is 0 Å². The molecule has 2 atom stereocenters. The lowest BCUT2D eigenvalue weighted by Gasteiger charge is -2.42. The van der Waals surface area contributed by atoms with Crippen LogP contribution in [0.4, 0.5) is 9.18 Å². The number of amides is 2. The second-order valence-electron chi connectivity index (χ2n) is 10.3. The minimum atomic E-state index is -3.61. The minimum Gasteiger partial charge on any atom is -0.378 e. The summed E-state index contributed by atoms with van der Waals surface area (Å²) in [6.07, 6.45) is 4.21.